The number of rotatable bonds is 4. The lowest BCUT2D eigenvalue weighted by molar-refractivity contribution is -0.124. The Morgan fingerprint density at radius 2 is 2.18 bits per heavy atom. The number of fused-ring (bicyclic) bond motifs is 1. The molecule has 0 saturated heterocycles. The third-order valence-corrected chi connectivity index (χ3v) is 3.56. The molecular weight excluding hydrogens is 212 g/mol. The van der Waals surface area contributed by atoms with Crippen molar-refractivity contribution >= 4 is 5.91 Å². The van der Waals surface area contributed by atoms with Crippen LogP contribution < -0.4 is 11.1 Å². The topological polar surface area (TPSA) is 55.1 Å². The SMILES string of the molecule is CC(C)C(CN)NC(=O)C1Cc2ccccc21. The zero-order chi connectivity index (χ0) is 12.4. The first-order chi connectivity index (χ1) is 8.13. The largest absolute Gasteiger partial charge is 0.351 e. The average molecular weight is 232 g/mol. The van der Waals surface area contributed by atoms with Crippen LogP contribution in [0.3, 0.4) is 0 Å². The normalized spacial score (nSPS) is 19.4. The zero-order valence-corrected chi connectivity index (χ0v) is 10.4. The summed E-state index contributed by atoms with van der Waals surface area (Å²) in [5.41, 5.74) is 8.13. The van der Waals surface area contributed by atoms with Gasteiger partial charge < -0.3 is 11.1 Å². The minimum Gasteiger partial charge on any atom is -0.351 e. The van der Waals surface area contributed by atoms with Gasteiger partial charge in [0.25, 0.3) is 0 Å². The van der Waals surface area contributed by atoms with E-state index >= 15 is 0 Å². The van der Waals surface area contributed by atoms with Crippen molar-refractivity contribution in [2.75, 3.05) is 6.54 Å². The maximum absolute atomic E-state index is 12.1. The highest BCUT2D eigenvalue weighted by molar-refractivity contribution is 5.87. The smallest absolute Gasteiger partial charge is 0.228 e. The molecule has 92 valence electrons. The van der Waals surface area contributed by atoms with Crippen molar-refractivity contribution in [3.8, 4) is 0 Å². The summed E-state index contributed by atoms with van der Waals surface area (Å²) < 4.78 is 0. The van der Waals surface area contributed by atoms with Crippen LogP contribution in [0.25, 0.3) is 0 Å². The number of carbonyl (C=O) groups excluding carboxylic acids is 1. The molecule has 0 aromatic heterocycles. The first kappa shape index (κ1) is 12.1. The Bertz CT molecular complexity index is 414. The van der Waals surface area contributed by atoms with Gasteiger partial charge in [0.1, 0.15) is 0 Å². The molecule has 0 spiro atoms. The average Bonchev–Trinajstić information content (AvgIpc) is 2.27. The summed E-state index contributed by atoms with van der Waals surface area (Å²) in [5.74, 6) is 0.520. The van der Waals surface area contributed by atoms with Gasteiger partial charge in [0.15, 0.2) is 0 Å². The molecule has 0 heterocycles. The van der Waals surface area contributed by atoms with Crippen molar-refractivity contribution in [2.45, 2.75) is 32.2 Å². The quantitative estimate of drug-likeness (QED) is 0.825. The predicted octanol–water partition coefficient (Wildman–Crippen LogP) is 1.43. The van der Waals surface area contributed by atoms with Gasteiger partial charge in [0.05, 0.1) is 5.92 Å². The Hall–Kier alpha value is -1.35. The number of nitrogens with two attached hydrogens (primary N) is 1. The van der Waals surface area contributed by atoms with E-state index in [1.165, 1.54) is 11.1 Å². The molecule has 0 bridgehead atoms. The lowest BCUT2D eigenvalue weighted by atomic mass is 9.77. The summed E-state index contributed by atoms with van der Waals surface area (Å²) in [7, 11) is 0. The van der Waals surface area contributed by atoms with Crippen LogP contribution in [0.1, 0.15) is 30.9 Å². The van der Waals surface area contributed by atoms with Crippen molar-refractivity contribution < 1.29 is 4.79 Å². The van der Waals surface area contributed by atoms with Crippen molar-refractivity contribution in [1.29, 1.82) is 0 Å². The van der Waals surface area contributed by atoms with Gasteiger partial charge in [-0.1, -0.05) is 38.1 Å². The minimum atomic E-state index is 0.0269. The number of hydrogen-bond acceptors (Lipinski definition) is 2. The summed E-state index contributed by atoms with van der Waals surface area (Å²) in [4.78, 5) is 12.1. The molecule has 1 aliphatic rings. The molecule has 17 heavy (non-hydrogen) atoms. The zero-order valence-electron chi connectivity index (χ0n) is 10.4. The molecule has 1 amide bonds. The summed E-state index contributed by atoms with van der Waals surface area (Å²) in [5, 5.41) is 3.05. The molecule has 1 aliphatic carbocycles. The molecule has 1 aromatic carbocycles. The van der Waals surface area contributed by atoms with E-state index in [0.29, 0.717) is 12.5 Å². The first-order valence-electron chi connectivity index (χ1n) is 6.21. The third-order valence-electron chi connectivity index (χ3n) is 3.56. The van der Waals surface area contributed by atoms with Gasteiger partial charge in [-0.2, -0.15) is 0 Å². The van der Waals surface area contributed by atoms with E-state index in [9.17, 15) is 4.79 Å². The standard InChI is InChI=1S/C14H20N2O/c1-9(2)13(8-15)16-14(17)12-7-10-5-3-4-6-11(10)12/h3-6,9,12-13H,7-8,15H2,1-2H3,(H,16,17). The van der Waals surface area contributed by atoms with E-state index in [1.807, 2.05) is 18.2 Å². The fourth-order valence-corrected chi connectivity index (χ4v) is 2.27. The fourth-order valence-electron chi connectivity index (χ4n) is 2.27. The van der Waals surface area contributed by atoms with Crippen LogP contribution >= 0.6 is 0 Å². The van der Waals surface area contributed by atoms with Gasteiger partial charge >= 0.3 is 0 Å². The summed E-state index contributed by atoms with van der Waals surface area (Å²) in [6, 6.07) is 8.21. The number of benzene rings is 1. The number of amides is 1. The van der Waals surface area contributed by atoms with Crippen LogP contribution in [-0.4, -0.2) is 18.5 Å². The molecule has 2 unspecified atom stereocenters. The number of carbonyl (C=O) groups is 1. The molecule has 0 aliphatic heterocycles. The summed E-state index contributed by atoms with van der Waals surface area (Å²) >= 11 is 0. The second kappa shape index (κ2) is 4.88. The van der Waals surface area contributed by atoms with Crippen LogP contribution in [0.2, 0.25) is 0 Å². The van der Waals surface area contributed by atoms with Gasteiger partial charge in [-0.15, -0.1) is 0 Å². The highest BCUT2D eigenvalue weighted by Gasteiger charge is 2.32. The monoisotopic (exact) mass is 232 g/mol. The first-order valence-corrected chi connectivity index (χ1v) is 6.21. The second-order valence-electron chi connectivity index (χ2n) is 5.05. The molecule has 2 atom stereocenters. The molecule has 0 saturated carbocycles. The predicted molar refractivity (Wildman–Crippen MR) is 68.7 cm³/mol. The highest BCUT2D eigenvalue weighted by atomic mass is 16.2. The van der Waals surface area contributed by atoms with E-state index < -0.39 is 0 Å². The van der Waals surface area contributed by atoms with Crippen LogP contribution in [0.15, 0.2) is 24.3 Å². The Morgan fingerprint density at radius 3 is 2.76 bits per heavy atom. The van der Waals surface area contributed by atoms with Crippen LogP contribution in [0, 0.1) is 5.92 Å². The van der Waals surface area contributed by atoms with Gasteiger partial charge in [0.2, 0.25) is 5.91 Å². The Kier molecular flexibility index (Phi) is 3.48. The number of hydrogen-bond donors (Lipinski definition) is 2. The lowest BCUT2D eigenvalue weighted by Crippen LogP contribution is -2.47. The van der Waals surface area contributed by atoms with Crippen molar-refractivity contribution in [1.82, 2.24) is 5.32 Å². The van der Waals surface area contributed by atoms with Crippen molar-refractivity contribution in [3.63, 3.8) is 0 Å². The van der Waals surface area contributed by atoms with Crippen molar-refractivity contribution in [2.24, 2.45) is 11.7 Å². The molecule has 1 aromatic rings. The van der Waals surface area contributed by atoms with Crippen molar-refractivity contribution in [3.05, 3.63) is 35.4 Å². The Labute approximate surface area is 102 Å². The van der Waals surface area contributed by atoms with Gasteiger partial charge in [0, 0.05) is 12.6 Å². The van der Waals surface area contributed by atoms with Gasteiger partial charge in [-0.05, 0) is 23.5 Å². The highest BCUT2D eigenvalue weighted by Crippen LogP contribution is 2.34. The van der Waals surface area contributed by atoms with E-state index in [0.717, 1.165) is 6.42 Å². The summed E-state index contributed by atoms with van der Waals surface area (Å²) in [6.45, 7) is 4.65. The second-order valence-corrected chi connectivity index (χ2v) is 5.05. The van der Waals surface area contributed by atoms with E-state index in [-0.39, 0.29) is 17.9 Å². The van der Waals surface area contributed by atoms with Gasteiger partial charge in [-0.25, -0.2) is 0 Å². The van der Waals surface area contributed by atoms with E-state index in [2.05, 4.69) is 25.2 Å². The number of nitrogens with one attached hydrogen (secondary N) is 1. The van der Waals surface area contributed by atoms with Crippen LogP contribution in [-0.2, 0) is 11.2 Å². The summed E-state index contributed by atoms with van der Waals surface area (Å²) in [6.07, 6.45) is 0.859. The molecule has 3 N–H and O–H groups in total. The lowest BCUT2D eigenvalue weighted by Gasteiger charge is -2.31. The minimum absolute atomic E-state index is 0.0269. The Morgan fingerprint density at radius 1 is 1.47 bits per heavy atom. The maximum Gasteiger partial charge on any atom is 0.228 e. The molecule has 0 radical (unpaired) electrons. The van der Waals surface area contributed by atoms with Crippen LogP contribution in [0.4, 0.5) is 0 Å². The third kappa shape index (κ3) is 2.34. The van der Waals surface area contributed by atoms with E-state index in [1.54, 1.807) is 0 Å². The van der Waals surface area contributed by atoms with Gasteiger partial charge in [-0.3, -0.25) is 4.79 Å². The van der Waals surface area contributed by atoms with Crippen LogP contribution in [0.5, 0.6) is 0 Å². The molecule has 0 fully saturated rings. The molecular formula is C14H20N2O. The van der Waals surface area contributed by atoms with E-state index in [4.69, 9.17) is 5.73 Å². The maximum atomic E-state index is 12.1. The Balaban J connectivity index is 2.00. The molecule has 2 rings (SSSR count). The molecule has 3 heteroatoms. The fraction of sp³-hybridized carbons (Fsp3) is 0.500. The molecule has 3 nitrogen and oxygen atoms in total.